The lowest BCUT2D eigenvalue weighted by atomic mass is 10.0. The van der Waals surface area contributed by atoms with Crippen LogP contribution in [0.15, 0.2) is 201 Å². The molecule has 0 bridgehead atoms. The highest BCUT2D eigenvalue weighted by Crippen LogP contribution is 2.47. The van der Waals surface area contributed by atoms with Gasteiger partial charge in [-0.1, -0.05) is 119 Å². The van der Waals surface area contributed by atoms with Crippen molar-refractivity contribution in [3.63, 3.8) is 0 Å². The van der Waals surface area contributed by atoms with E-state index in [-0.39, 0.29) is 0 Å². The predicted octanol–water partition coefficient (Wildman–Crippen LogP) is 19.2. The van der Waals surface area contributed by atoms with Gasteiger partial charge in [0.1, 0.15) is 22.3 Å². The maximum absolute atomic E-state index is 6.82. The van der Waals surface area contributed by atoms with Crippen molar-refractivity contribution in [2.24, 2.45) is 0 Å². The Labute approximate surface area is 394 Å². The zero-order chi connectivity index (χ0) is 45.8. The van der Waals surface area contributed by atoms with Crippen molar-refractivity contribution >= 4 is 121 Å². The zero-order valence-corrected chi connectivity index (χ0v) is 38.7. The molecule has 3 heterocycles. The third-order valence-electron chi connectivity index (χ3n) is 14.1. The zero-order valence-electron chi connectivity index (χ0n) is 38.7. The molecule has 68 heavy (non-hydrogen) atoms. The number of benzene rings is 10. The molecular weight excluding hydrogens is 833 g/mol. The van der Waals surface area contributed by atoms with Crippen molar-refractivity contribution in [2.45, 2.75) is 46.5 Å². The Hall–Kier alpha value is -8.28. The Morgan fingerprint density at radius 1 is 0.338 bits per heavy atom. The van der Waals surface area contributed by atoms with E-state index in [1.165, 1.54) is 16.7 Å². The molecule has 0 aliphatic heterocycles. The molecule has 13 rings (SSSR count). The summed E-state index contributed by atoms with van der Waals surface area (Å²) in [6.45, 7) is 11.1. The Kier molecular flexibility index (Phi) is 9.06. The number of hydrogen-bond donors (Lipinski definition) is 0. The van der Waals surface area contributed by atoms with E-state index in [4.69, 9.17) is 13.3 Å². The number of furan rings is 3. The molecule has 5 nitrogen and oxygen atoms in total. The smallest absolute Gasteiger partial charge is 0.159 e. The number of nitrogens with zero attached hydrogens (tertiary/aromatic N) is 2. The van der Waals surface area contributed by atoms with Gasteiger partial charge >= 0.3 is 0 Å². The highest BCUT2D eigenvalue weighted by Gasteiger charge is 2.23. The van der Waals surface area contributed by atoms with E-state index >= 15 is 0 Å². The summed E-state index contributed by atoms with van der Waals surface area (Å²) in [5, 5.41) is 11.1. The molecule has 0 atom stereocenters. The maximum Gasteiger partial charge on any atom is 0.159 e. The van der Waals surface area contributed by atoms with E-state index in [1.54, 1.807) is 0 Å². The fraction of sp³-hybridized carbons (Fsp3) is 0.111. The van der Waals surface area contributed by atoms with Crippen molar-refractivity contribution in [3.8, 4) is 0 Å². The monoisotopic (exact) mass is 880 g/mol. The second-order valence-corrected chi connectivity index (χ2v) is 19.0. The van der Waals surface area contributed by atoms with Crippen LogP contribution in [0.5, 0.6) is 0 Å². The third-order valence-corrected chi connectivity index (χ3v) is 14.1. The number of aryl methyl sites for hydroxylation is 1. The summed E-state index contributed by atoms with van der Waals surface area (Å²) in [7, 11) is 0. The molecule has 10 aromatic carbocycles. The molecule has 0 fully saturated rings. The summed E-state index contributed by atoms with van der Waals surface area (Å²) in [5.74, 6) is 0.857. The highest BCUT2D eigenvalue weighted by molar-refractivity contribution is 6.16. The van der Waals surface area contributed by atoms with Gasteiger partial charge in [0.15, 0.2) is 11.2 Å². The van der Waals surface area contributed by atoms with Gasteiger partial charge in [-0.25, -0.2) is 0 Å². The van der Waals surface area contributed by atoms with Gasteiger partial charge in [0.05, 0.1) is 11.4 Å². The van der Waals surface area contributed by atoms with E-state index < -0.39 is 0 Å². The summed E-state index contributed by atoms with van der Waals surface area (Å²) in [4.78, 5) is 4.65. The van der Waals surface area contributed by atoms with Crippen LogP contribution in [-0.2, 0) is 0 Å². The third kappa shape index (κ3) is 6.37. The Balaban J connectivity index is 0.940. The Morgan fingerprint density at radius 2 is 0.824 bits per heavy atom. The molecular formula is C63H48N2O3. The van der Waals surface area contributed by atoms with Crippen LogP contribution < -0.4 is 9.80 Å². The van der Waals surface area contributed by atoms with E-state index in [0.717, 1.165) is 121 Å². The molecule has 0 aliphatic carbocycles. The van der Waals surface area contributed by atoms with Gasteiger partial charge in [-0.15, -0.1) is 0 Å². The van der Waals surface area contributed by atoms with Gasteiger partial charge in [-0.05, 0) is 154 Å². The Bertz CT molecular complexity index is 4110. The first kappa shape index (κ1) is 40.0. The number of fused-ring (bicyclic) bond motifs is 11. The number of para-hydroxylation sites is 3. The van der Waals surface area contributed by atoms with E-state index in [0.29, 0.717) is 11.8 Å². The second kappa shape index (κ2) is 15.4. The first-order valence-corrected chi connectivity index (χ1v) is 23.7. The highest BCUT2D eigenvalue weighted by atomic mass is 16.3. The molecule has 0 aliphatic rings. The fourth-order valence-corrected chi connectivity index (χ4v) is 10.5. The van der Waals surface area contributed by atoms with E-state index in [9.17, 15) is 0 Å². The molecule has 0 spiro atoms. The molecule has 0 saturated carbocycles. The number of hydrogen-bond acceptors (Lipinski definition) is 5. The van der Waals surface area contributed by atoms with Crippen molar-refractivity contribution < 1.29 is 13.3 Å². The minimum Gasteiger partial charge on any atom is -0.456 e. The van der Waals surface area contributed by atoms with Crippen molar-refractivity contribution in [3.05, 3.63) is 205 Å². The van der Waals surface area contributed by atoms with E-state index in [1.807, 2.05) is 18.2 Å². The molecule has 0 radical (unpaired) electrons. The first-order chi connectivity index (χ1) is 33.2. The van der Waals surface area contributed by atoms with Crippen molar-refractivity contribution in [2.75, 3.05) is 9.80 Å². The van der Waals surface area contributed by atoms with Crippen LogP contribution in [-0.4, -0.2) is 0 Å². The first-order valence-electron chi connectivity index (χ1n) is 23.7. The number of rotatable bonds is 8. The summed E-state index contributed by atoms with van der Waals surface area (Å²) in [5.41, 5.74) is 15.2. The van der Waals surface area contributed by atoms with Crippen molar-refractivity contribution in [1.82, 2.24) is 0 Å². The standard InChI is InChI=1S/C63H48N2O3/c1-37(2)40-18-24-46(25-19-40)64(55-14-10-13-51-50-11-6-8-15-57(50)67-62(51)55)48-28-22-42-33-53-54-34-43-23-29-49(32-45(43)36-60(54)66-59(53)35-44(42)31-48)65(47-26-20-41(21-27-47)38(3)4)56-30-17-39(5)61-52-12-7-9-16-58(52)68-63(56)61/h6-38H,1-5H3. The summed E-state index contributed by atoms with van der Waals surface area (Å²) < 4.78 is 20.1. The second-order valence-electron chi connectivity index (χ2n) is 19.0. The van der Waals surface area contributed by atoms with E-state index in [2.05, 4.69) is 214 Å². The summed E-state index contributed by atoms with van der Waals surface area (Å²) in [6.07, 6.45) is 0. The average molecular weight is 881 g/mol. The molecule has 328 valence electrons. The average Bonchev–Trinajstić information content (AvgIpc) is 4.05. The summed E-state index contributed by atoms with van der Waals surface area (Å²) >= 11 is 0. The predicted molar refractivity (Wildman–Crippen MR) is 286 cm³/mol. The molecule has 0 N–H and O–H groups in total. The summed E-state index contributed by atoms with van der Waals surface area (Å²) in [6, 6.07) is 67.8. The SMILES string of the molecule is Cc1ccc(N(c2ccc(C(C)C)cc2)c2ccc3cc4c(cc3c2)oc2cc3cc(N(c5ccc(C(C)C)cc5)c5cccc6c5oc5ccccc56)ccc3cc24)c2oc3ccccc3c12. The fourth-order valence-electron chi connectivity index (χ4n) is 10.5. The molecule has 0 amide bonds. The lowest BCUT2D eigenvalue weighted by Gasteiger charge is -2.26. The van der Waals surface area contributed by atoms with Crippen molar-refractivity contribution in [1.29, 1.82) is 0 Å². The van der Waals surface area contributed by atoms with Crippen LogP contribution in [0.25, 0.3) is 87.4 Å². The van der Waals surface area contributed by atoms with Crippen LogP contribution in [0, 0.1) is 6.92 Å². The molecule has 0 unspecified atom stereocenters. The lowest BCUT2D eigenvalue weighted by Crippen LogP contribution is -2.10. The quantitative estimate of drug-likeness (QED) is 0.152. The van der Waals surface area contributed by atoms with Gasteiger partial charge in [0.2, 0.25) is 0 Å². The molecule has 5 heteroatoms. The maximum atomic E-state index is 6.82. The Morgan fingerprint density at radius 3 is 1.40 bits per heavy atom. The van der Waals surface area contributed by atoms with Crippen LogP contribution in [0.4, 0.5) is 34.1 Å². The van der Waals surface area contributed by atoms with Gasteiger partial charge < -0.3 is 23.1 Å². The van der Waals surface area contributed by atoms with Crippen LogP contribution in [0.1, 0.15) is 56.2 Å². The molecule has 13 aromatic rings. The topological polar surface area (TPSA) is 45.9 Å². The molecule has 0 saturated heterocycles. The van der Waals surface area contributed by atoms with Gasteiger partial charge in [-0.3, -0.25) is 0 Å². The largest absolute Gasteiger partial charge is 0.456 e. The number of anilines is 6. The minimum atomic E-state index is 0.428. The van der Waals surface area contributed by atoms with Crippen LogP contribution in [0.2, 0.25) is 0 Å². The lowest BCUT2D eigenvalue weighted by molar-refractivity contribution is 0.668. The van der Waals surface area contributed by atoms with Crippen LogP contribution in [0.3, 0.4) is 0 Å². The van der Waals surface area contributed by atoms with Gasteiger partial charge in [-0.2, -0.15) is 0 Å². The van der Waals surface area contributed by atoms with Gasteiger partial charge in [0, 0.05) is 55.1 Å². The van der Waals surface area contributed by atoms with Crippen LogP contribution >= 0.6 is 0 Å². The minimum absolute atomic E-state index is 0.428. The normalized spacial score (nSPS) is 12.2. The van der Waals surface area contributed by atoms with Gasteiger partial charge in [0.25, 0.3) is 0 Å². The molecule has 3 aromatic heterocycles.